The molecule has 0 radical (unpaired) electrons. The molecule has 1 heterocycles. The van der Waals surface area contributed by atoms with Crippen LogP contribution in [-0.2, 0) is 27.4 Å². The molecule has 0 saturated heterocycles. The highest BCUT2D eigenvalue weighted by atomic mass is 16.5. The van der Waals surface area contributed by atoms with E-state index in [-0.39, 0.29) is 18.2 Å². The summed E-state index contributed by atoms with van der Waals surface area (Å²) in [4.78, 5) is 16.9. The van der Waals surface area contributed by atoms with E-state index in [0.29, 0.717) is 24.7 Å². The van der Waals surface area contributed by atoms with Crippen LogP contribution in [0.15, 0.2) is 46.9 Å². The highest BCUT2D eigenvalue weighted by Crippen LogP contribution is 2.28. The van der Waals surface area contributed by atoms with Crippen molar-refractivity contribution in [3.63, 3.8) is 0 Å². The Bertz CT molecular complexity index is 1120. The second-order valence-electron chi connectivity index (χ2n) is 9.02. The minimum Gasteiger partial charge on any atom is -0.465 e. The highest BCUT2D eigenvalue weighted by Gasteiger charge is 2.25. The molecule has 2 atom stereocenters. The Balaban J connectivity index is 1.33. The average molecular weight is 464 g/mol. The van der Waals surface area contributed by atoms with Crippen LogP contribution in [0.5, 0.6) is 0 Å². The van der Waals surface area contributed by atoms with Gasteiger partial charge in [0.25, 0.3) is 0 Å². The summed E-state index contributed by atoms with van der Waals surface area (Å²) in [6.45, 7) is 6.70. The number of rotatable bonds is 8. The Hall–Kier alpha value is -2.96. The number of benzene rings is 2. The SMILES string of the molecule is COC(=O)c1c(C)cccc1COC1CCCC(OCc2nc(-c3ccc(C)cc3)oc2C)C1. The van der Waals surface area contributed by atoms with E-state index in [2.05, 4.69) is 24.0 Å². The summed E-state index contributed by atoms with van der Waals surface area (Å²) in [6, 6.07) is 13.9. The molecule has 0 aliphatic heterocycles. The van der Waals surface area contributed by atoms with Gasteiger partial charge in [-0.3, -0.25) is 0 Å². The number of aryl methyl sites for hydroxylation is 3. The van der Waals surface area contributed by atoms with Crippen LogP contribution < -0.4 is 0 Å². The number of carbonyl (C=O) groups is 1. The van der Waals surface area contributed by atoms with Crippen molar-refractivity contribution in [2.45, 2.75) is 71.9 Å². The summed E-state index contributed by atoms with van der Waals surface area (Å²) < 4.78 is 23.3. The van der Waals surface area contributed by atoms with Gasteiger partial charge < -0.3 is 18.6 Å². The van der Waals surface area contributed by atoms with E-state index in [0.717, 1.165) is 53.8 Å². The molecule has 2 unspecified atom stereocenters. The minimum atomic E-state index is -0.324. The number of oxazole rings is 1. The summed E-state index contributed by atoms with van der Waals surface area (Å²) in [6.07, 6.45) is 4.04. The van der Waals surface area contributed by atoms with Crippen LogP contribution in [0.25, 0.3) is 11.5 Å². The van der Waals surface area contributed by atoms with E-state index in [1.165, 1.54) is 12.7 Å². The molecule has 2 aromatic carbocycles. The fraction of sp³-hybridized carbons (Fsp3) is 0.429. The number of carbonyl (C=O) groups excluding carboxylic acids is 1. The molecule has 1 fully saturated rings. The molecular weight excluding hydrogens is 430 g/mol. The second kappa shape index (κ2) is 11.0. The van der Waals surface area contributed by atoms with Gasteiger partial charge in [-0.1, -0.05) is 35.9 Å². The zero-order valence-electron chi connectivity index (χ0n) is 20.4. The summed E-state index contributed by atoms with van der Waals surface area (Å²) in [5, 5.41) is 0. The number of methoxy groups -OCH3 is 1. The first-order valence-corrected chi connectivity index (χ1v) is 11.9. The Morgan fingerprint density at radius 2 is 1.71 bits per heavy atom. The van der Waals surface area contributed by atoms with E-state index in [1.54, 1.807) is 0 Å². The summed E-state index contributed by atoms with van der Waals surface area (Å²) in [5.41, 5.74) is 5.35. The number of hydrogen-bond donors (Lipinski definition) is 0. The Kier molecular flexibility index (Phi) is 7.80. The van der Waals surface area contributed by atoms with Crippen LogP contribution in [0.4, 0.5) is 0 Å². The van der Waals surface area contributed by atoms with Gasteiger partial charge in [0, 0.05) is 5.56 Å². The summed E-state index contributed by atoms with van der Waals surface area (Å²) >= 11 is 0. The molecule has 1 aromatic heterocycles. The summed E-state index contributed by atoms with van der Waals surface area (Å²) in [7, 11) is 1.41. The van der Waals surface area contributed by atoms with E-state index in [9.17, 15) is 4.79 Å². The lowest BCUT2D eigenvalue weighted by atomic mass is 9.94. The first-order valence-electron chi connectivity index (χ1n) is 11.9. The molecule has 180 valence electrons. The second-order valence-corrected chi connectivity index (χ2v) is 9.02. The summed E-state index contributed by atoms with van der Waals surface area (Å²) in [5.74, 6) is 1.09. The molecule has 6 nitrogen and oxygen atoms in total. The Morgan fingerprint density at radius 3 is 2.41 bits per heavy atom. The Morgan fingerprint density at radius 1 is 1.00 bits per heavy atom. The van der Waals surface area contributed by atoms with Gasteiger partial charge in [-0.05, 0) is 69.7 Å². The third kappa shape index (κ3) is 5.75. The van der Waals surface area contributed by atoms with E-state index in [1.807, 2.05) is 44.2 Å². The molecule has 34 heavy (non-hydrogen) atoms. The topological polar surface area (TPSA) is 70.8 Å². The van der Waals surface area contributed by atoms with E-state index in [4.69, 9.17) is 18.6 Å². The number of nitrogens with zero attached hydrogens (tertiary/aromatic N) is 1. The third-order valence-corrected chi connectivity index (χ3v) is 6.45. The van der Waals surface area contributed by atoms with Gasteiger partial charge in [0.1, 0.15) is 11.5 Å². The van der Waals surface area contributed by atoms with Crippen LogP contribution in [0.3, 0.4) is 0 Å². The molecular formula is C28H33NO5. The molecule has 1 saturated carbocycles. The molecule has 0 N–H and O–H groups in total. The van der Waals surface area contributed by atoms with Crippen molar-refractivity contribution < 1.29 is 23.4 Å². The van der Waals surface area contributed by atoms with Crippen molar-refractivity contribution in [1.29, 1.82) is 0 Å². The Labute approximate surface area is 201 Å². The van der Waals surface area contributed by atoms with Crippen LogP contribution >= 0.6 is 0 Å². The molecule has 0 spiro atoms. The molecule has 3 aromatic rings. The van der Waals surface area contributed by atoms with Crippen molar-refractivity contribution in [3.8, 4) is 11.5 Å². The van der Waals surface area contributed by atoms with Crippen molar-refractivity contribution >= 4 is 5.97 Å². The maximum atomic E-state index is 12.2. The number of esters is 1. The van der Waals surface area contributed by atoms with Crippen LogP contribution in [-0.4, -0.2) is 30.3 Å². The van der Waals surface area contributed by atoms with Gasteiger partial charge in [0.05, 0.1) is 38.1 Å². The predicted octanol–water partition coefficient (Wildman–Crippen LogP) is 6.10. The minimum absolute atomic E-state index is 0.0892. The van der Waals surface area contributed by atoms with Gasteiger partial charge in [0.2, 0.25) is 5.89 Å². The maximum absolute atomic E-state index is 12.2. The largest absolute Gasteiger partial charge is 0.465 e. The quantitative estimate of drug-likeness (QED) is 0.376. The molecule has 6 heteroatoms. The van der Waals surface area contributed by atoms with E-state index < -0.39 is 0 Å². The van der Waals surface area contributed by atoms with Crippen LogP contribution in [0.2, 0.25) is 0 Å². The normalized spacial score (nSPS) is 18.1. The smallest absolute Gasteiger partial charge is 0.338 e. The van der Waals surface area contributed by atoms with E-state index >= 15 is 0 Å². The molecule has 0 amide bonds. The fourth-order valence-electron chi connectivity index (χ4n) is 4.43. The molecule has 1 aliphatic carbocycles. The highest BCUT2D eigenvalue weighted by molar-refractivity contribution is 5.92. The van der Waals surface area contributed by atoms with Crippen LogP contribution in [0.1, 0.15) is 64.2 Å². The van der Waals surface area contributed by atoms with Crippen molar-refractivity contribution in [2.75, 3.05) is 7.11 Å². The van der Waals surface area contributed by atoms with Gasteiger partial charge >= 0.3 is 5.97 Å². The average Bonchev–Trinajstić information content (AvgIpc) is 3.22. The first-order chi connectivity index (χ1) is 16.4. The lowest BCUT2D eigenvalue weighted by Crippen LogP contribution is -2.28. The van der Waals surface area contributed by atoms with Crippen molar-refractivity contribution in [1.82, 2.24) is 4.98 Å². The van der Waals surface area contributed by atoms with Gasteiger partial charge in [-0.25, -0.2) is 9.78 Å². The zero-order valence-corrected chi connectivity index (χ0v) is 20.4. The number of ether oxygens (including phenoxy) is 3. The number of hydrogen-bond acceptors (Lipinski definition) is 6. The molecule has 0 bridgehead atoms. The third-order valence-electron chi connectivity index (χ3n) is 6.45. The molecule has 4 rings (SSSR count). The zero-order chi connectivity index (χ0) is 24.1. The lowest BCUT2D eigenvalue weighted by Gasteiger charge is -2.29. The maximum Gasteiger partial charge on any atom is 0.338 e. The molecule has 1 aliphatic rings. The monoisotopic (exact) mass is 463 g/mol. The van der Waals surface area contributed by atoms with Crippen molar-refractivity contribution in [3.05, 3.63) is 76.2 Å². The fourth-order valence-corrected chi connectivity index (χ4v) is 4.43. The lowest BCUT2D eigenvalue weighted by molar-refractivity contribution is -0.0564. The predicted molar refractivity (Wildman–Crippen MR) is 130 cm³/mol. The van der Waals surface area contributed by atoms with Crippen molar-refractivity contribution in [2.24, 2.45) is 0 Å². The first kappa shape index (κ1) is 24.2. The number of aromatic nitrogens is 1. The van der Waals surface area contributed by atoms with Gasteiger partial charge in [-0.15, -0.1) is 0 Å². The standard InChI is InChI=1S/C28H33NO5/c1-18-11-13-21(14-12-18)27-29-25(20(3)34-27)17-33-24-10-6-9-23(15-24)32-16-22-8-5-7-19(2)26(22)28(30)31-4/h5,7-8,11-14,23-24H,6,9-10,15-17H2,1-4H3. The van der Waals surface area contributed by atoms with Gasteiger partial charge in [-0.2, -0.15) is 0 Å². The van der Waals surface area contributed by atoms with Crippen LogP contribution in [0, 0.1) is 20.8 Å². The van der Waals surface area contributed by atoms with Gasteiger partial charge in [0.15, 0.2) is 0 Å².